The summed E-state index contributed by atoms with van der Waals surface area (Å²) in [5, 5.41) is 3.00. The first kappa shape index (κ1) is 25.7. The topological polar surface area (TPSA) is 69.7 Å². The summed E-state index contributed by atoms with van der Waals surface area (Å²) in [5.74, 6) is 0.824. The number of aryl methyl sites for hydroxylation is 1. The first-order valence-electron chi connectivity index (χ1n) is 11.3. The van der Waals surface area contributed by atoms with Crippen molar-refractivity contribution in [1.82, 2.24) is 14.5 Å². The largest absolute Gasteiger partial charge is 0.351 e. The lowest BCUT2D eigenvalue weighted by atomic mass is 10.1. The van der Waals surface area contributed by atoms with E-state index in [2.05, 4.69) is 31.0 Å². The molecule has 2 aromatic carbocycles. The van der Waals surface area contributed by atoms with E-state index in [-0.39, 0.29) is 10.7 Å². The second-order valence-electron chi connectivity index (χ2n) is 9.41. The van der Waals surface area contributed by atoms with Crippen molar-refractivity contribution in [1.29, 1.82) is 0 Å². The number of carbonyl (C=O) groups excluding carboxylic acids is 1. The van der Waals surface area contributed by atoms with Crippen LogP contribution in [0.5, 0.6) is 0 Å². The number of amides is 1. The molecule has 6 nitrogen and oxygen atoms in total. The molecule has 1 aliphatic rings. The Morgan fingerprint density at radius 3 is 2.33 bits per heavy atom. The van der Waals surface area contributed by atoms with Gasteiger partial charge in [-0.15, -0.1) is 0 Å². The minimum Gasteiger partial charge on any atom is -0.351 e. The average Bonchev–Trinajstić information content (AvgIpc) is 2.77. The van der Waals surface area contributed by atoms with Crippen LogP contribution in [0.4, 0.5) is 0 Å². The van der Waals surface area contributed by atoms with Crippen LogP contribution in [0.3, 0.4) is 0 Å². The van der Waals surface area contributed by atoms with E-state index in [1.165, 1.54) is 0 Å². The normalized spacial score (nSPS) is 16.0. The van der Waals surface area contributed by atoms with Crippen LogP contribution >= 0.6 is 11.8 Å². The summed E-state index contributed by atoms with van der Waals surface area (Å²) in [4.78, 5) is 15.1. The van der Waals surface area contributed by atoms with Gasteiger partial charge in [0, 0.05) is 55.3 Å². The molecule has 1 aliphatic heterocycles. The summed E-state index contributed by atoms with van der Waals surface area (Å²) >= 11 is 1.83. The summed E-state index contributed by atoms with van der Waals surface area (Å²) in [7, 11) is -3.46. The van der Waals surface area contributed by atoms with Crippen LogP contribution < -0.4 is 5.32 Å². The molecule has 0 unspecified atom stereocenters. The van der Waals surface area contributed by atoms with Gasteiger partial charge >= 0.3 is 0 Å². The Balaban J connectivity index is 1.51. The molecule has 1 amide bonds. The lowest BCUT2D eigenvalue weighted by Gasteiger charge is -2.34. The predicted octanol–water partition coefficient (Wildman–Crippen LogP) is 3.76. The highest BCUT2D eigenvalue weighted by Crippen LogP contribution is 2.22. The van der Waals surface area contributed by atoms with Gasteiger partial charge in [-0.05, 0) is 36.8 Å². The second-order valence-corrected chi connectivity index (χ2v) is 13.3. The Morgan fingerprint density at radius 1 is 1.03 bits per heavy atom. The number of nitrogens with one attached hydrogen (secondary N) is 1. The van der Waals surface area contributed by atoms with Gasteiger partial charge in [-0.2, -0.15) is 16.1 Å². The monoisotopic (exact) mass is 489 g/mol. The highest BCUT2D eigenvalue weighted by atomic mass is 32.2. The fraction of sp³-hybridized carbons (Fsp3) is 0.480. The number of thioether (sulfide) groups is 1. The van der Waals surface area contributed by atoms with E-state index >= 15 is 0 Å². The molecule has 0 bridgehead atoms. The van der Waals surface area contributed by atoms with Crippen molar-refractivity contribution in [3.63, 3.8) is 0 Å². The van der Waals surface area contributed by atoms with Crippen LogP contribution in [0, 0.1) is 6.92 Å². The summed E-state index contributed by atoms with van der Waals surface area (Å²) in [5.41, 5.74) is 2.76. The molecular weight excluding hydrogens is 454 g/mol. The molecule has 0 atom stereocenters. The molecule has 0 aliphatic carbocycles. The number of hydrogen-bond acceptors (Lipinski definition) is 5. The Bertz CT molecular complexity index is 1040. The third-order valence-corrected chi connectivity index (χ3v) is 8.70. The van der Waals surface area contributed by atoms with E-state index in [1.807, 2.05) is 55.1 Å². The zero-order chi connectivity index (χ0) is 24.1. The molecule has 1 heterocycles. The molecule has 2 aromatic rings. The van der Waals surface area contributed by atoms with E-state index in [0.717, 1.165) is 16.9 Å². The van der Waals surface area contributed by atoms with Crippen molar-refractivity contribution in [2.75, 3.05) is 38.5 Å². The fourth-order valence-corrected chi connectivity index (χ4v) is 5.92. The Hall–Kier alpha value is -1.87. The zero-order valence-corrected chi connectivity index (χ0v) is 21.6. The number of hydrogen-bond donors (Lipinski definition) is 1. The SMILES string of the molecule is Cc1ccc(S(=O)(=O)N2CCN(Cc3cccc(C(=O)NCCSC(C)(C)C)c3)CC2)cc1. The molecule has 33 heavy (non-hydrogen) atoms. The van der Waals surface area contributed by atoms with Crippen molar-refractivity contribution < 1.29 is 13.2 Å². The number of benzene rings is 2. The van der Waals surface area contributed by atoms with Gasteiger partial charge in [-0.3, -0.25) is 9.69 Å². The van der Waals surface area contributed by atoms with E-state index < -0.39 is 10.0 Å². The van der Waals surface area contributed by atoms with Gasteiger partial charge in [-0.1, -0.05) is 50.6 Å². The molecule has 0 saturated carbocycles. The average molecular weight is 490 g/mol. The minimum absolute atomic E-state index is 0.0552. The lowest BCUT2D eigenvalue weighted by Crippen LogP contribution is -2.48. The first-order chi connectivity index (χ1) is 15.5. The van der Waals surface area contributed by atoms with Crippen LogP contribution in [0.1, 0.15) is 42.3 Å². The van der Waals surface area contributed by atoms with Gasteiger partial charge < -0.3 is 5.32 Å². The molecule has 180 valence electrons. The van der Waals surface area contributed by atoms with E-state index in [1.54, 1.807) is 16.4 Å². The molecule has 0 spiro atoms. The summed E-state index contributed by atoms with van der Waals surface area (Å²) < 4.78 is 27.6. The molecule has 3 rings (SSSR count). The maximum Gasteiger partial charge on any atom is 0.251 e. The molecule has 0 radical (unpaired) electrons. The van der Waals surface area contributed by atoms with Gasteiger partial charge in [0.1, 0.15) is 0 Å². The third kappa shape index (κ3) is 7.57. The van der Waals surface area contributed by atoms with Crippen molar-refractivity contribution in [2.24, 2.45) is 0 Å². The van der Waals surface area contributed by atoms with Crippen LogP contribution in [0.25, 0.3) is 0 Å². The summed E-state index contributed by atoms with van der Waals surface area (Å²) in [6, 6.07) is 14.7. The summed E-state index contributed by atoms with van der Waals surface area (Å²) in [6.45, 7) is 12.0. The minimum atomic E-state index is -3.46. The lowest BCUT2D eigenvalue weighted by molar-refractivity contribution is 0.0956. The van der Waals surface area contributed by atoms with Crippen molar-refractivity contribution in [2.45, 2.75) is 43.9 Å². The molecule has 0 aromatic heterocycles. The highest BCUT2D eigenvalue weighted by Gasteiger charge is 2.28. The van der Waals surface area contributed by atoms with E-state index in [9.17, 15) is 13.2 Å². The molecule has 1 fully saturated rings. The van der Waals surface area contributed by atoms with Crippen LogP contribution in [-0.4, -0.2) is 66.8 Å². The van der Waals surface area contributed by atoms with Gasteiger partial charge in [0.15, 0.2) is 0 Å². The van der Waals surface area contributed by atoms with Crippen molar-refractivity contribution in [3.8, 4) is 0 Å². The zero-order valence-electron chi connectivity index (χ0n) is 20.0. The number of nitrogens with zero attached hydrogens (tertiary/aromatic N) is 2. The number of sulfonamides is 1. The van der Waals surface area contributed by atoms with Crippen LogP contribution in [-0.2, 0) is 16.6 Å². The molecular formula is C25H35N3O3S2. The number of rotatable bonds is 8. The van der Waals surface area contributed by atoms with Gasteiger partial charge in [0.05, 0.1) is 4.90 Å². The third-order valence-electron chi connectivity index (χ3n) is 5.51. The second kappa shape index (κ2) is 11.0. The Labute approximate surface area is 202 Å². The van der Waals surface area contributed by atoms with Gasteiger partial charge in [0.25, 0.3) is 5.91 Å². The quantitative estimate of drug-likeness (QED) is 0.572. The van der Waals surface area contributed by atoms with Gasteiger partial charge in [0.2, 0.25) is 10.0 Å². The van der Waals surface area contributed by atoms with Crippen molar-refractivity contribution in [3.05, 3.63) is 65.2 Å². The maximum atomic E-state index is 12.9. The maximum absolute atomic E-state index is 12.9. The Kier molecular flexibility index (Phi) is 8.61. The first-order valence-corrected chi connectivity index (χ1v) is 13.8. The number of carbonyl (C=O) groups is 1. The predicted molar refractivity (Wildman–Crippen MR) is 136 cm³/mol. The highest BCUT2D eigenvalue weighted by molar-refractivity contribution is 8.00. The van der Waals surface area contributed by atoms with Crippen LogP contribution in [0.15, 0.2) is 53.4 Å². The van der Waals surface area contributed by atoms with Crippen molar-refractivity contribution >= 4 is 27.7 Å². The molecule has 1 N–H and O–H groups in total. The molecule has 8 heteroatoms. The van der Waals surface area contributed by atoms with Gasteiger partial charge in [-0.25, -0.2) is 8.42 Å². The number of piperazine rings is 1. The standard InChI is InChI=1S/C25H35N3O3S2/c1-20-8-10-23(11-9-20)33(30,31)28-15-13-27(14-16-28)19-21-6-5-7-22(18-21)24(29)26-12-17-32-25(2,3)4/h5-11,18H,12-17,19H2,1-4H3,(H,26,29). The fourth-order valence-electron chi connectivity index (χ4n) is 3.68. The molecule has 1 saturated heterocycles. The Morgan fingerprint density at radius 2 is 1.70 bits per heavy atom. The van der Waals surface area contributed by atoms with Crippen LogP contribution in [0.2, 0.25) is 0 Å². The van der Waals surface area contributed by atoms with E-state index in [0.29, 0.717) is 49.7 Å². The summed E-state index contributed by atoms with van der Waals surface area (Å²) in [6.07, 6.45) is 0. The smallest absolute Gasteiger partial charge is 0.251 e. The van der Waals surface area contributed by atoms with E-state index in [4.69, 9.17) is 0 Å².